The van der Waals surface area contributed by atoms with Crippen molar-refractivity contribution < 1.29 is 33.7 Å². The number of carbonyl (C=O) groups excluding carboxylic acids is 2. The molecule has 0 amide bonds. The van der Waals surface area contributed by atoms with Crippen molar-refractivity contribution in [3.05, 3.63) is 22.3 Å². The van der Waals surface area contributed by atoms with Crippen molar-refractivity contribution in [1.82, 2.24) is 0 Å². The Bertz CT molecular complexity index is 791. The molecule has 7 nitrogen and oxygen atoms in total. The zero-order chi connectivity index (χ0) is 24.3. The Morgan fingerprint density at radius 3 is 1.84 bits per heavy atom. The molecular weight excluding hydrogens is 412 g/mol. The van der Waals surface area contributed by atoms with Crippen LogP contribution in [0.4, 0.5) is 0 Å². The number of esters is 1. The molecule has 180 valence electrons. The number of methoxy groups -OCH3 is 2. The fourth-order valence-corrected chi connectivity index (χ4v) is 3.79. The van der Waals surface area contributed by atoms with Gasteiger partial charge in [-0.2, -0.15) is 0 Å². The van der Waals surface area contributed by atoms with E-state index in [-0.39, 0.29) is 22.6 Å². The van der Waals surface area contributed by atoms with Crippen molar-refractivity contribution in [3.8, 4) is 11.5 Å². The van der Waals surface area contributed by atoms with Crippen molar-refractivity contribution >= 4 is 18.2 Å². The summed E-state index contributed by atoms with van der Waals surface area (Å²) in [4.78, 5) is 35.4. The molecule has 0 spiro atoms. The minimum Gasteiger partial charge on any atom is -0.492 e. The average molecular weight is 451 g/mol. The first-order valence-electron chi connectivity index (χ1n) is 11.3. The molecule has 0 fully saturated rings. The van der Waals surface area contributed by atoms with Crippen LogP contribution in [0.25, 0.3) is 0 Å². The van der Waals surface area contributed by atoms with Gasteiger partial charge < -0.3 is 24.1 Å². The zero-order valence-electron chi connectivity index (χ0n) is 20.3. The van der Waals surface area contributed by atoms with E-state index in [0.717, 1.165) is 51.2 Å². The largest absolute Gasteiger partial charge is 0.492 e. The number of benzene rings is 1. The smallest absolute Gasteiger partial charge is 0.342 e. The van der Waals surface area contributed by atoms with Gasteiger partial charge in [-0.25, -0.2) is 9.59 Å². The molecule has 0 aliphatic rings. The van der Waals surface area contributed by atoms with Gasteiger partial charge in [0.05, 0.1) is 14.2 Å². The Balaban J connectivity index is 3.16. The van der Waals surface area contributed by atoms with E-state index in [2.05, 4.69) is 0 Å². The minimum atomic E-state index is -1.13. The Kier molecular flexibility index (Phi) is 11.2. The van der Waals surface area contributed by atoms with Crippen LogP contribution in [-0.4, -0.2) is 43.2 Å². The maximum Gasteiger partial charge on any atom is 0.342 e. The molecule has 7 heteroatoms. The summed E-state index contributed by atoms with van der Waals surface area (Å²) in [5.74, 6) is -1.57. The number of carboxylic acids is 1. The number of carbonyl (C=O) groups is 3. The van der Waals surface area contributed by atoms with Crippen molar-refractivity contribution in [2.75, 3.05) is 14.2 Å². The lowest BCUT2D eigenvalue weighted by Crippen LogP contribution is -2.26. The number of carboxylic acid groups (broad SMARTS) is 1. The van der Waals surface area contributed by atoms with Crippen molar-refractivity contribution in [2.24, 2.45) is 0 Å². The normalized spacial score (nSPS) is 11.2. The molecule has 0 unspecified atom stereocenters. The molecule has 0 saturated carbocycles. The lowest BCUT2D eigenvalue weighted by Gasteiger charge is -2.24. The number of ether oxygens (including phenoxy) is 3. The molecule has 0 aliphatic carbocycles. The van der Waals surface area contributed by atoms with Gasteiger partial charge in [0.25, 0.3) is 0 Å². The fourth-order valence-electron chi connectivity index (χ4n) is 3.79. The van der Waals surface area contributed by atoms with E-state index in [9.17, 15) is 19.5 Å². The summed E-state index contributed by atoms with van der Waals surface area (Å²) in [6.07, 6.45) is 9.09. The predicted molar refractivity (Wildman–Crippen MR) is 123 cm³/mol. The van der Waals surface area contributed by atoms with E-state index in [1.807, 2.05) is 0 Å². The second-order valence-corrected chi connectivity index (χ2v) is 8.91. The van der Waals surface area contributed by atoms with Crippen LogP contribution in [0, 0.1) is 6.92 Å². The highest BCUT2D eigenvalue weighted by Crippen LogP contribution is 2.41. The van der Waals surface area contributed by atoms with Gasteiger partial charge in [0.2, 0.25) is 0 Å². The van der Waals surface area contributed by atoms with Gasteiger partial charge in [-0.05, 0) is 58.1 Å². The van der Waals surface area contributed by atoms with Crippen molar-refractivity contribution in [3.63, 3.8) is 0 Å². The zero-order valence-corrected chi connectivity index (χ0v) is 20.3. The summed E-state index contributed by atoms with van der Waals surface area (Å²) in [7, 11) is 2.75. The van der Waals surface area contributed by atoms with E-state index in [4.69, 9.17) is 14.2 Å². The molecule has 1 aromatic carbocycles. The number of unbranched alkanes of at least 4 members (excludes halogenated alkanes) is 7. The fraction of sp³-hybridized carbons (Fsp3) is 0.640. The van der Waals surface area contributed by atoms with E-state index in [1.165, 1.54) is 14.2 Å². The van der Waals surface area contributed by atoms with Gasteiger partial charge in [-0.3, -0.25) is 0 Å². The van der Waals surface area contributed by atoms with Crippen LogP contribution < -0.4 is 9.47 Å². The van der Waals surface area contributed by atoms with Gasteiger partial charge in [0.15, 0.2) is 11.5 Å². The third kappa shape index (κ3) is 7.84. The lowest BCUT2D eigenvalue weighted by molar-refractivity contribution is -0.107. The van der Waals surface area contributed by atoms with Crippen LogP contribution in [0.5, 0.6) is 11.5 Å². The number of rotatable bonds is 14. The van der Waals surface area contributed by atoms with Crippen LogP contribution in [0.2, 0.25) is 0 Å². The Labute approximate surface area is 191 Å². The predicted octanol–water partition coefficient (Wildman–Crippen LogP) is 5.53. The van der Waals surface area contributed by atoms with E-state index in [0.29, 0.717) is 24.0 Å². The molecule has 1 aromatic rings. The summed E-state index contributed by atoms with van der Waals surface area (Å²) in [5.41, 5.74) is 0.637. The lowest BCUT2D eigenvalue weighted by atomic mass is 9.90. The SMILES string of the molecule is COc1c(OC)c(C(=O)OC(C)(C)C)c(CCCCCCCCCC=O)c(C)c1C(=O)O. The second-order valence-electron chi connectivity index (χ2n) is 8.91. The molecule has 0 atom stereocenters. The summed E-state index contributed by atoms with van der Waals surface area (Å²) in [6.45, 7) is 7.03. The van der Waals surface area contributed by atoms with Gasteiger partial charge >= 0.3 is 11.9 Å². The standard InChI is InChI=1S/C25H38O7/c1-17-18(15-13-11-9-7-8-10-12-14-16-26)20(24(29)32-25(2,3)4)22(31-6)21(30-5)19(17)23(27)28/h16H,7-15H2,1-6H3,(H,27,28). The van der Waals surface area contributed by atoms with Gasteiger partial charge in [0.1, 0.15) is 23.0 Å². The Hall–Kier alpha value is -2.57. The van der Waals surface area contributed by atoms with Crippen LogP contribution in [0.1, 0.15) is 104 Å². The van der Waals surface area contributed by atoms with Crippen molar-refractivity contribution in [1.29, 1.82) is 0 Å². The van der Waals surface area contributed by atoms with Crippen LogP contribution in [-0.2, 0) is 16.0 Å². The molecule has 1 N–H and O–H groups in total. The van der Waals surface area contributed by atoms with Gasteiger partial charge in [0, 0.05) is 6.42 Å². The van der Waals surface area contributed by atoms with Crippen LogP contribution in [0.3, 0.4) is 0 Å². The maximum atomic E-state index is 13.1. The summed E-state index contributed by atoms with van der Waals surface area (Å²) in [6, 6.07) is 0. The van der Waals surface area contributed by atoms with Gasteiger partial charge in [-0.15, -0.1) is 0 Å². The topological polar surface area (TPSA) is 99.1 Å². The highest BCUT2D eigenvalue weighted by Gasteiger charge is 2.32. The van der Waals surface area contributed by atoms with Crippen LogP contribution >= 0.6 is 0 Å². The molecule has 1 rings (SSSR count). The first kappa shape index (κ1) is 27.5. The highest BCUT2D eigenvalue weighted by molar-refractivity contribution is 6.01. The molecule has 0 heterocycles. The molecule has 32 heavy (non-hydrogen) atoms. The maximum absolute atomic E-state index is 13.1. The summed E-state index contributed by atoms with van der Waals surface area (Å²) < 4.78 is 16.4. The van der Waals surface area contributed by atoms with E-state index in [1.54, 1.807) is 27.7 Å². The quantitative estimate of drug-likeness (QED) is 0.226. The van der Waals surface area contributed by atoms with Crippen molar-refractivity contribution in [2.45, 2.75) is 91.1 Å². The van der Waals surface area contributed by atoms with E-state index < -0.39 is 17.5 Å². The Morgan fingerprint density at radius 1 is 0.875 bits per heavy atom. The first-order valence-corrected chi connectivity index (χ1v) is 11.3. The molecular formula is C25H38O7. The first-order chi connectivity index (χ1) is 15.1. The molecule has 0 aromatic heterocycles. The molecule has 0 saturated heterocycles. The van der Waals surface area contributed by atoms with E-state index >= 15 is 0 Å². The number of aromatic carboxylic acids is 1. The molecule has 0 aliphatic heterocycles. The monoisotopic (exact) mass is 450 g/mol. The minimum absolute atomic E-state index is 0.00170. The third-order valence-corrected chi connectivity index (χ3v) is 5.26. The summed E-state index contributed by atoms with van der Waals surface area (Å²) >= 11 is 0. The number of hydrogen-bond donors (Lipinski definition) is 1. The second kappa shape index (κ2) is 13.1. The average Bonchev–Trinajstić information content (AvgIpc) is 2.70. The number of hydrogen-bond acceptors (Lipinski definition) is 6. The highest BCUT2D eigenvalue weighted by atomic mass is 16.6. The molecule has 0 radical (unpaired) electrons. The number of aldehydes is 1. The summed E-state index contributed by atoms with van der Waals surface area (Å²) in [5, 5.41) is 9.79. The Morgan fingerprint density at radius 2 is 1.38 bits per heavy atom. The third-order valence-electron chi connectivity index (χ3n) is 5.26. The van der Waals surface area contributed by atoms with Crippen LogP contribution in [0.15, 0.2) is 0 Å². The van der Waals surface area contributed by atoms with Gasteiger partial charge in [-0.1, -0.05) is 32.1 Å². The molecule has 0 bridgehead atoms.